The number of pyridine rings is 1. The summed E-state index contributed by atoms with van der Waals surface area (Å²) in [6, 6.07) is 8.35. The molecule has 0 amide bonds. The van der Waals surface area contributed by atoms with Crippen LogP contribution in [-0.4, -0.2) is 16.5 Å². The molecule has 2 aromatic rings. The molecule has 2 rings (SSSR count). The van der Waals surface area contributed by atoms with Gasteiger partial charge in [-0.05, 0) is 31.2 Å². The van der Waals surface area contributed by atoms with Crippen LogP contribution in [0.25, 0.3) is 11.3 Å². The van der Waals surface area contributed by atoms with Crippen molar-refractivity contribution in [2.45, 2.75) is 13.3 Å². The van der Waals surface area contributed by atoms with E-state index in [1.807, 2.05) is 0 Å². The van der Waals surface area contributed by atoms with Crippen LogP contribution in [0.3, 0.4) is 0 Å². The van der Waals surface area contributed by atoms with E-state index in [1.54, 1.807) is 19.1 Å². The van der Waals surface area contributed by atoms with Crippen LogP contribution in [0.2, 0.25) is 0 Å². The van der Waals surface area contributed by atoms with Crippen LogP contribution in [0.15, 0.2) is 36.4 Å². The Bertz CT molecular complexity index is 597. The highest BCUT2D eigenvalue weighted by Gasteiger charge is 2.31. The Hall–Kier alpha value is -2.24. The topological polar surface area (TPSA) is 42.4 Å². The first-order valence-electron chi connectivity index (χ1n) is 5.38. The average molecular weight is 269 g/mol. The Morgan fingerprint density at radius 1 is 1.16 bits per heavy atom. The lowest BCUT2D eigenvalue weighted by atomic mass is 10.1. The number of aryl methyl sites for hydroxylation is 1. The third-order valence-corrected chi connectivity index (χ3v) is 2.35. The number of benzene rings is 1. The fourth-order valence-corrected chi connectivity index (χ4v) is 1.60. The fourth-order valence-electron chi connectivity index (χ4n) is 1.60. The summed E-state index contributed by atoms with van der Waals surface area (Å²) in [5.41, 5.74) is 1.21. The van der Waals surface area contributed by atoms with E-state index < -0.39 is 6.36 Å². The molecule has 19 heavy (non-hydrogen) atoms. The largest absolute Gasteiger partial charge is 0.573 e. The zero-order chi connectivity index (χ0) is 14.0. The molecule has 0 atom stereocenters. The van der Waals surface area contributed by atoms with Crippen molar-refractivity contribution in [3.63, 3.8) is 0 Å². The van der Waals surface area contributed by atoms with Crippen molar-refractivity contribution < 1.29 is 23.0 Å². The third-order valence-electron chi connectivity index (χ3n) is 2.35. The number of alkyl halides is 3. The first kappa shape index (κ1) is 13.2. The lowest BCUT2D eigenvalue weighted by molar-refractivity contribution is -0.274. The maximum Gasteiger partial charge on any atom is 0.573 e. The van der Waals surface area contributed by atoms with Crippen LogP contribution in [0.5, 0.6) is 11.5 Å². The summed E-state index contributed by atoms with van der Waals surface area (Å²) in [5, 5.41) is 9.69. The molecule has 1 aromatic heterocycles. The van der Waals surface area contributed by atoms with Crippen LogP contribution >= 0.6 is 0 Å². The summed E-state index contributed by atoms with van der Waals surface area (Å²) in [6.07, 6.45) is -4.75. The van der Waals surface area contributed by atoms with E-state index in [9.17, 15) is 18.3 Å². The molecule has 6 heteroatoms. The number of halogens is 3. The smallest absolute Gasteiger partial charge is 0.506 e. The van der Waals surface area contributed by atoms with Gasteiger partial charge in [-0.3, -0.25) is 0 Å². The van der Waals surface area contributed by atoms with Crippen molar-refractivity contribution in [3.8, 4) is 22.8 Å². The maximum absolute atomic E-state index is 12.1. The lowest BCUT2D eigenvalue weighted by Crippen LogP contribution is -2.17. The highest BCUT2D eigenvalue weighted by Crippen LogP contribution is 2.31. The summed E-state index contributed by atoms with van der Waals surface area (Å²) < 4.78 is 40.2. The van der Waals surface area contributed by atoms with Gasteiger partial charge in [0.05, 0.1) is 0 Å². The highest BCUT2D eigenvalue weighted by molar-refractivity contribution is 5.67. The molecule has 0 aliphatic rings. The van der Waals surface area contributed by atoms with Gasteiger partial charge < -0.3 is 9.84 Å². The van der Waals surface area contributed by atoms with Crippen molar-refractivity contribution in [1.29, 1.82) is 0 Å². The molecular formula is C13H10F3NO2. The van der Waals surface area contributed by atoms with Gasteiger partial charge in [-0.1, -0.05) is 12.1 Å². The number of nitrogens with zero attached hydrogens (tertiary/aromatic N) is 1. The fraction of sp³-hybridized carbons (Fsp3) is 0.154. The van der Waals surface area contributed by atoms with Gasteiger partial charge >= 0.3 is 6.36 Å². The zero-order valence-electron chi connectivity index (χ0n) is 9.90. The molecule has 0 radical (unpaired) electrons. The first-order chi connectivity index (χ1) is 8.85. The SMILES string of the molecule is Cc1ccc(O)c(-c2cccc(OC(F)(F)F)c2)n1. The molecule has 0 saturated carbocycles. The van der Waals surface area contributed by atoms with Gasteiger partial charge in [0.15, 0.2) is 0 Å². The van der Waals surface area contributed by atoms with Gasteiger partial charge in [0.1, 0.15) is 17.2 Å². The number of rotatable bonds is 2. The van der Waals surface area contributed by atoms with E-state index in [-0.39, 0.29) is 17.2 Å². The Labute approximate surface area is 107 Å². The molecule has 0 unspecified atom stereocenters. The number of aromatic nitrogens is 1. The third kappa shape index (κ3) is 3.37. The monoisotopic (exact) mass is 269 g/mol. The van der Waals surface area contributed by atoms with Crippen molar-refractivity contribution in [2.24, 2.45) is 0 Å². The molecule has 0 saturated heterocycles. The molecule has 0 spiro atoms. The average Bonchev–Trinajstić information content (AvgIpc) is 2.30. The molecule has 0 aliphatic carbocycles. The van der Waals surface area contributed by atoms with Crippen molar-refractivity contribution in [1.82, 2.24) is 4.98 Å². The standard InChI is InChI=1S/C13H10F3NO2/c1-8-5-6-11(18)12(17-8)9-3-2-4-10(7-9)19-13(14,15)16/h2-7,18H,1H3. The van der Waals surface area contributed by atoms with Gasteiger partial charge in [0.2, 0.25) is 0 Å². The molecule has 1 aromatic carbocycles. The van der Waals surface area contributed by atoms with E-state index >= 15 is 0 Å². The summed E-state index contributed by atoms with van der Waals surface area (Å²) in [6.45, 7) is 1.72. The minimum Gasteiger partial charge on any atom is -0.506 e. The van der Waals surface area contributed by atoms with E-state index in [0.29, 0.717) is 11.3 Å². The van der Waals surface area contributed by atoms with Gasteiger partial charge in [-0.2, -0.15) is 0 Å². The summed E-state index contributed by atoms with van der Waals surface area (Å²) in [4.78, 5) is 4.09. The molecule has 1 N–H and O–H groups in total. The van der Waals surface area contributed by atoms with Gasteiger partial charge in [0, 0.05) is 11.3 Å². The second kappa shape index (κ2) is 4.79. The number of ether oxygens (including phenoxy) is 1. The molecule has 0 bridgehead atoms. The predicted octanol–water partition coefficient (Wildman–Crippen LogP) is 3.66. The van der Waals surface area contributed by atoms with Gasteiger partial charge in [-0.15, -0.1) is 13.2 Å². The molecule has 3 nitrogen and oxygen atoms in total. The Morgan fingerprint density at radius 3 is 2.58 bits per heavy atom. The second-order valence-corrected chi connectivity index (χ2v) is 3.90. The van der Waals surface area contributed by atoms with E-state index in [1.165, 1.54) is 24.3 Å². The molecular weight excluding hydrogens is 259 g/mol. The number of hydrogen-bond acceptors (Lipinski definition) is 3. The van der Waals surface area contributed by atoms with Crippen molar-refractivity contribution in [2.75, 3.05) is 0 Å². The number of hydrogen-bond donors (Lipinski definition) is 1. The minimum atomic E-state index is -4.75. The predicted molar refractivity (Wildman–Crippen MR) is 62.8 cm³/mol. The zero-order valence-corrected chi connectivity index (χ0v) is 9.90. The Balaban J connectivity index is 2.40. The summed E-state index contributed by atoms with van der Waals surface area (Å²) >= 11 is 0. The summed E-state index contributed by atoms with van der Waals surface area (Å²) in [7, 11) is 0. The van der Waals surface area contributed by atoms with Crippen LogP contribution in [-0.2, 0) is 0 Å². The van der Waals surface area contributed by atoms with Gasteiger partial charge in [0.25, 0.3) is 0 Å². The van der Waals surface area contributed by atoms with Crippen molar-refractivity contribution >= 4 is 0 Å². The normalized spacial score (nSPS) is 11.4. The highest BCUT2D eigenvalue weighted by atomic mass is 19.4. The summed E-state index contributed by atoms with van der Waals surface area (Å²) in [5.74, 6) is -0.456. The van der Waals surface area contributed by atoms with E-state index in [2.05, 4.69) is 9.72 Å². The first-order valence-corrected chi connectivity index (χ1v) is 5.38. The van der Waals surface area contributed by atoms with Crippen LogP contribution < -0.4 is 4.74 Å². The van der Waals surface area contributed by atoms with Crippen LogP contribution in [0, 0.1) is 6.92 Å². The Morgan fingerprint density at radius 2 is 1.89 bits per heavy atom. The van der Waals surface area contributed by atoms with Gasteiger partial charge in [-0.25, -0.2) is 4.98 Å². The second-order valence-electron chi connectivity index (χ2n) is 3.90. The molecule has 0 fully saturated rings. The molecule has 0 aliphatic heterocycles. The molecule has 1 heterocycles. The quantitative estimate of drug-likeness (QED) is 0.904. The maximum atomic E-state index is 12.1. The van der Waals surface area contributed by atoms with E-state index in [4.69, 9.17) is 0 Å². The lowest BCUT2D eigenvalue weighted by Gasteiger charge is -2.10. The van der Waals surface area contributed by atoms with E-state index in [0.717, 1.165) is 0 Å². The number of aromatic hydroxyl groups is 1. The van der Waals surface area contributed by atoms with Crippen molar-refractivity contribution in [3.05, 3.63) is 42.1 Å². The Kier molecular flexibility index (Phi) is 3.33. The van der Waals surface area contributed by atoms with Crippen LogP contribution in [0.1, 0.15) is 5.69 Å². The van der Waals surface area contributed by atoms with Crippen LogP contribution in [0.4, 0.5) is 13.2 Å². The minimum absolute atomic E-state index is 0.102. The molecule has 100 valence electrons.